The predicted molar refractivity (Wildman–Crippen MR) is 123 cm³/mol. The molecule has 1 N–H and O–H groups in total. The molecule has 0 aliphatic rings. The maximum atomic E-state index is 13.1. The number of hydrogen-bond donors (Lipinski definition) is 1. The largest absolute Gasteiger partial charge is 0.497 e. The Kier molecular flexibility index (Phi) is 5.43. The van der Waals surface area contributed by atoms with Crippen LogP contribution < -0.4 is 19.9 Å². The SMILES string of the molecule is COc1ccc(Oc2cc3c(cc2NS(=O)(=O)c2ccccc2C)n(C)c(=O)n3C)cc1. The van der Waals surface area contributed by atoms with Crippen molar-refractivity contribution in [2.45, 2.75) is 11.8 Å². The van der Waals surface area contributed by atoms with Crippen molar-refractivity contribution in [3.8, 4) is 17.2 Å². The van der Waals surface area contributed by atoms with Crippen LogP contribution in [-0.2, 0) is 24.1 Å². The van der Waals surface area contributed by atoms with Crippen LogP contribution >= 0.6 is 0 Å². The van der Waals surface area contributed by atoms with Gasteiger partial charge >= 0.3 is 5.69 Å². The number of nitrogens with one attached hydrogen (secondary N) is 1. The van der Waals surface area contributed by atoms with Gasteiger partial charge in [0.1, 0.15) is 11.5 Å². The Labute approximate surface area is 185 Å². The monoisotopic (exact) mass is 453 g/mol. The quantitative estimate of drug-likeness (QED) is 0.480. The number of imidazole rings is 1. The number of hydrogen-bond acceptors (Lipinski definition) is 5. The van der Waals surface area contributed by atoms with Crippen LogP contribution in [0, 0.1) is 6.92 Å². The van der Waals surface area contributed by atoms with Crippen molar-refractivity contribution < 1.29 is 17.9 Å². The van der Waals surface area contributed by atoms with Crippen LogP contribution in [0.4, 0.5) is 5.69 Å². The van der Waals surface area contributed by atoms with Gasteiger partial charge in [0, 0.05) is 20.2 Å². The summed E-state index contributed by atoms with van der Waals surface area (Å²) in [5, 5.41) is 0. The Morgan fingerprint density at radius 2 is 1.47 bits per heavy atom. The molecule has 0 atom stereocenters. The minimum absolute atomic E-state index is 0.164. The molecule has 4 rings (SSSR count). The van der Waals surface area contributed by atoms with Gasteiger partial charge in [-0.2, -0.15) is 0 Å². The maximum Gasteiger partial charge on any atom is 0.328 e. The van der Waals surface area contributed by atoms with Gasteiger partial charge in [-0.1, -0.05) is 18.2 Å². The highest BCUT2D eigenvalue weighted by atomic mass is 32.2. The number of rotatable bonds is 6. The molecule has 1 aromatic heterocycles. The molecule has 0 fully saturated rings. The molecule has 0 bridgehead atoms. The van der Waals surface area contributed by atoms with E-state index in [1.807, 2.05) is 0 Å². The lowest BCUT2D eigenvalue weighted by Crippen LogP contribution is -2.19. The molecule has 0 saturated heterocycles. The van der Waals surface area contributed by atoms with E-state index in [1.54, 1.807) is 88.8 Å². The zero-order valence-electron chi connectivity index (χ0n) is 18.1. The van der Waals surface area contributed by atoms with E-state index in [-0.39, 0.29) is 22.0 Å². The van der Waals surface area contributed by atoms with Crippen molar-refractivity contribution >= 4 is 26.7 Å². The third kappa shape index (κ3) is 3.82. The maximum absolute atomic E-state index is 13.1. The Balaban J connectivity index is 1.85. The smallest absolute Gasteiger partial charge is 0.328 e. The van der Waals surface area contributed by atoms with Gasteiger partial charge in [0.05, 0.1) is 28.7 Å². The number of nitrogens with zero attached hydrogens (tertiary/aromatic N) is 2. The molecule has 0 amide bonds. The van der Waals surface area contributed by atoms with E-state index in [0.29, 0.717) is 28.1 Å². The average molecular weight is 454 g/mol. The number of benzene rings is 3. The van der Waals surface area contributed by atoms with Gasteiger partial charge in [-0.15, -0.1) is 0 Å². The first-order chi connectivity index (χ1) is 15.2. The molecule has 0 saturated carbocycles. The van der Waals surface area contributed by atoms with Crippen LogP contribution in [0.3, 0.4) is 0 Å². The van der Waals surface area contributed by atoms with Crippen molar-refractivity contribution in [1.82, 2.24) is 9.13 Å². The minimum atomic E-state index is -3.90. The third-order valence-electron chi connectivity index (χ3n) is 5.29. The van der Waals surface area contributed by atoms with Crippen molar-refractivity contribution in [2.24, 2.45) is 14.1 Å². The van der Waals surface area contributed by atoms with E-state index in [9.17, 15) is 13.2 Å². The summed E-state index contributed by atoms with van der Waals surface area (Å²) in [6.45, 7) is 1.73. The number of anilines is 1. The van der Waals surface area contributed by atoms with Gasteiger partial charge in [-0.25, -0.2) is 13.2 Å². The highest BCUT2D eigenvalue weighted by Gasteiger charge is 2.21. The van der Waals surface area contributed by atoms with E-state index in [1.165, 1.54) is 9.13 Å². The Morgan fingerprint density at radius 3 is 2.09 bits per heavy atom. The molecule has 9 heteroatoms. The predicted octanol–water partition coefficient (Wildman–Crippen LogP) is 3.79. The van der Waals surface area contributed by atoms with E-state index < -0.39 is 10.0 Å². The Morgan fingerprint density at radius 1 is 0.875 bits per heavy atom. The first kappa shape index (κ1) is 21.5. The summed E-state index contributed by atoms with van der Waals surface area (Å²) < 4.78 is 43.1. The summed E-state index contributed by atoms with van der Waals surface area (Å²) >= 11 is 0. The van der Waals surface area contributed by atoms with Crippen molar-refractivity contribution in [1.29, 1.82) is 0 Å². The molecule has 3 aromatic carbocycles. The second-order valence-electron chi connectivity index (χ2n) is 7.39. The average Bonchev–Trinajstić information content (AvgIpc) is 2.98. The molecule has 0 aliphatic carbocycles. The van der Waals surface area contributed by atoms with Gasteiger partial charge in [0.25, 0.3) is 10.0 Å². The van der Waals surface area contributed by atoms with Gasteiger partial charge < -0.3 is 9.47 Å². The third-order valence-corrected chi connectivity index (χ3v) is 6.81. The Hall–Kier alpha value is -3.72. The fourth-order valence-electron chi connectivity index (χ4n) is 3.52. The van der Waals surface area contributed by atoms with Gasteiger partial charge in [-0.3, -0.25) is 13.9 Å². The molecular weight excluding hydrogens is 430 g/mol. The Bertz CT molecular complexity index is 1470. The van der Waals surface area contributed by atoms with Crippen LogP contribution in [-0.4, -0.2) is 24.7 Å². The number of ether oxygens (including phenoxy) is 2. The molecular formula is C23H23N3O5S. The second kappa shape index (κ2) is 8.08. The summed E-state index contributed by atoms with van der Waals surface area (Å²) in [7, 11) is 0.954. The second-order valence-corrected chi connectivity index (χ2v) is 9.04. The number of aromatic nitrogens is 2. The van der Waals surface area contributed by atoms with Gasteiger partial charge in [0.2, 0.25) is 0 Å². The molecule has 1 heterocycles. The summed E-state index contributed by atoms with van der Waals surface area (Å²) in [6.07, 6.45) is 0. The topological polar surface area (TPSA) is 91.6 Å². The molecule has 166 valence electrons. The summed E-state index contributed by atoms with van der Waals surface area (Å²) in [5.41, 5.74) is 1.79. The van der Waals surface area contributed by atoms with Crippen molar-refractivity contribution in [3.63, 3.8) is 0 Å². The van der Waals surface area contributed by atoms with Crippen LogP contribution in [0.1, 0.15) is 5.56 Å². The lowest BCUT2D eigenvalue weighted by Gasteiger charge is -2.15. The van der Waals surface area contributed by atoms with Gasteiger partial charge in [0.15, 0.2) is 5.75 Å². The zero-order chi connectivity index (χ0) is 23.0. The number of aryl methyl sites for hydroxylation is 3. The van der Waals surface area contributed by atoms with Crippen molar-refractivity contribution in [2.75, 3.05) is 11.8 Å². The van der Waals surface area contributed by atoms with E-state index in [4.69, 9.17) is 9.47 Å². The number of fused-ring (bicyclic) bond motifs is 1. The standard InChI is InChI=1S/C23H23N3O5S/c1-15-7-5-6-8-22(15)32(28,29)24-18-13-19-20(26(3)23(27)25(19)2)14-21(18)31-17-11-9-16(30-4)10-12-17/h5-14,24H,1-4H3. The summed E-state index contributed by atoms with van der Waals surface area (Å²) in [4.78, 5) is 12.6. The van der Waals surface area contributed by atoms with Crippen LogP contribution in [0.2, 0.25) is 0 Å². The van der Waals surface area contributed by atoms with Crippen LogP contribution in [0.5, 0.6) is 17.2 Å². The molecule has 0 spiro atoms. The van der Waals surface area contributed by atoms with Crippen LogP contribution in [0.25, 0.3) is 11.0 Å². The summed E-state index contributed by atoms with van der Waals surface area (Å²) in [5.74, 6) is 1.42. The lowest BCUT2D eigenvalue weighted by atomic mass is 10.2. The fourth-order valence-corrected chi connectivity index (χ4v) is 4.83. The zero-order valence-corrected chi connectivity index (χ0v) is 18.9. The van der Waals surface area contributed by atoms with E-state index >= 15 is 0 Å². The molecule has 0 aliphatic heterocycles. The highest BCUT2D eigenvalue weighted by Crippen LogP contribution is 2.35. The minimum Gasteiger partial charge on any atom is -0.497 e. The number of methoxy groups -OCH3 is 1. The number of sulfonamides is 1. The molecule has 8 nitrogen and oxygen atoms in total. The highest BCUT2D eigenvalue weighted by molar-refractivity contribution is 7.92. The lowest BCUT2D eigenvalue weighted by molar-refractivity contribution is 0.413. The normalized spacial score (nSPS) is 11.5. The van der Waals surface area contributed by atoms with Gasteiger partial charge in [-0.05, 0) is 48.9 Å². The van der Waals surface area contributed by atoms with Crippen LogP contribution in [0.15, 0.2) is 70.4 Å². The van der Waals surface area contributed by atoms with E-state index in [2.05, 4.69) is 4.72 Å². The first-order valence-electron chi connectivity index (χ1n) is 9.81. The van der Waals surface area contributed by atoms with Crippen molar-refractivity contribution in [3.05, 3.63) is 76.7 Å². The first-order valence-corrected chi connectivity index (χ1v) is 11.3. The fraction of sp³-hybridized carbons (Fsp3) is 0.174. The summed E-state index contributed by atoms with van der Waals surface area (Å²) in [6, 6.07) is 16.9. The molecule has 0 radical (unpaired) electrons. The molecule has 4 aromatic rings. The molecule has 32 heavy (non-hydrogen) atoms. The molecule has 0 unspecified atom stereocenters. The van der Waals surface area contributed by atoms with E-state index in [0.717, 1.165) is 0 Å².